The summed E-state index contributed by atoms with van der Waals surface area (Å²) in [5, 5.41) is 3.79. The Morgan fingerprint density at radius 2 is 1.61 bits per heavy atom. The van der Waals surface area contributed by atoms with E-state index in [1.807, 2.05) is 44.2 Å². The van der Waals surface area contributed by atoms with Gasteiger partial charge in [-0.25, -0.2) is 8.42 Å². The van der Waals surface area contributed by atoms with E-state index >= 15 is 0 Å². The highest BCUT2D eigenvalue weighted by molar-refractivity contribution is 7.92. The minimum Gasteiger partial charge on any atom is -0.352 e. The van der Waals surface area contributed by atoms with Gasteiger partial charge in [0, 0.05) is 29.1 Å². The fourth-order valence-electron chi connectivity index (χ4n) is 4.11. The molecular weight excluding hydrogens is 628 g/mol. The number of nitrogens with zero attached hydrogens (tertiary/aromatic N) is 2. The van der Waals surface area contributed by atoms with Crippen molar-refractivity contribution in [1.82, 2.24) is 10.2 Å². The molecule has 220 valence electrons. The van der Waals surface area contributed by atoms with E-state index in [1.54, 1.807) is 18.2 Å². The number of carbonyl (C=O) groups is 2. The quantitative estimate of drug-likeness (QED) is 0.237. The summed E-state index contributed by atoms with van der Waals surface area (Å²) in [6, 6.07) is 17.4. The van der Waals surface area contributed by atoms with Gasteiger partial charge in [-0.1, -0.05) is 95.8 Å². The number of rotatable bonds is 12. The third-order valence-electron chi connectivity index (χ3n) is 6.51. The number of hydrogen-bond acceptors (Lipinski definition) is 4. The molecule has 2 atom stereocenters. The fraction of sp³-hybridized carbons (Fsp3) is 0.310. The third kappa shape index (κ3) is 9.00. The number of amides is 2. The lowest BCUT2D eigenvalue weighted by Gasteiger charge is -2.34. The highest BCUT2D eigenvalue weighted by Crippen LogP contribution is 2.34. The minimum atomic E-state index is -4.00. The number of halogens is 4. The van der Waals surface area contributed by atoms with E-state index in [9.17, 15) is 18.0 Å². The molecule has 12 heteroatoms. The van der Waals surface area contributed by atoms with Gasteiger partial charge in [0.25, 0.3) is 0 Å². The first-order chi connectivity index (χ1) is 19.3. The number of sulfonamides is 1. The summed E-state index contributed by atoms with van der Waals surface area (Å²) in [6.07, 6.45) is 1.82. The van der Waals surface area contributed by atoms with Gasteiger partial charge in [-0.15, -0.1) is 0 Å². The predicted octanol–water partition coefficient (Wildman–Crippen LogP) is 6.62. The van der Waals surface area contributed by atoms with Crippen LogP contribution in [0.25, 0.3) is 0 Å². The Morgan fingerprint density at radius 3 is 2.22 bits per heavy atom. The smallest absolute Gasteiger partial charge is 0.244 e. The van der Waals surface area contributed by atoms with Crippen molar-refractivity contribution in [3.63, 3.8) is 0 Å². The van der Waals surface area contributed by atoms with Crippen molar-refractivity contribution in [2.24, 2.45) is 0 Å². The van der Waals surface area contributed by atoms with Crippen molar-refractivity contribution in [2.45, 2.75) is 45.3 Å². The lowest BCUT2D eigenvalue weighted by molar-refractivity contribution is -0.140. The molecule has 3 rings (SSSR count). The van der Waals surface area contributed by atoms with Crippen LogP contribution in [0.1, 0.15) is 31.4 Å². The van der Waals surface area contributed by atoms with Gasteiger partial charge in [0.05, 0.1) is 22.0 Å². The van der Waals surface area contributed by atoms with Crippen LogP contribution in [0, 0.1) is 0 Å². The molecule has 0 radical (unpaired) electrons. The monoisotopic (exact) mass is 657 g/mol. The zero-order valence-electron chi connectivity index (χ0n) is 22.8. The van der Waals surface area contributed by atoms with Crippen LogP contribution in [0.3, 0.4) is 0 Å². The molecule has 2 amide bonds. The number of nitrogens with one attached hydrogen (secondary N) is 1. The maximum atomic E-state index is 14.1. The van der Waals surface area contributed by atoms with Crippen molar-refractivity contribution >= 4 is 73.9 Å². The SMILES string of the molecule is CC[C@@H](C)NC(=O)[C@@H](Cc1ccccc1)N(Cc1ccc(Cl)cc1Cl)C(=O)CN(c1cccc(Cl)c1Cl)S(C)(=O)=O. The van der Waals surface area contributed by atoms with Crippen molar-refractivity contribution in [3.05, 3.63) is 97.9 Å². The second-order valence-electron chi connectivity index (χ2n) is 9.62. The van der Waals surface area contributed by atoms with Gasteiger partial charge in [-0.05, 0) is 48.7 Å². The van der Waals surface area contributed by atoms with E-state index in [4.69, 9.17) is 46.4 Å². The average molecular weight is 659 g/mol. The van der Waals surface area contributed by atoms with Gasteiger partial charge < -0.3 is 10.2 Å². The lowest BCUT2D eigenvalue weighted by Crippen LogP contribution is -2.54. The van der Waals surface area contributed by atoms with Crippen LogP contribution in [0.4, 0.5) is 5.69 Å². The van der Waals surface area contributed by atoms with Gasteiger partial charge >= 0.3 is 0 Å². The van der Waals surface area contributed by atoms with Crippen LogP contribution in [0.15, 0.2) is 66.7 Å². The standard InChI is InChI=1S/C29H31Cl4N3O4S/c1-4-19(2)34-29(38)26(15-20-9-6-5-7-10-20)35(17-21-13-14-22(30)16-24(21)32)27(37)18-36(41(3,39)40)25-12-8-11-23(31)28(25)33/h5-14,16,19,26H,4,15,17-18H2,1-3H3,(H,34,38)/t19-,26-/m1/s1. The van der Waals surface area contributed by atoms with Crippen LogP contribution in [-0.2, 0) is 32.6 Å². The van der Waals surface area contributed by atoms with Crippen LogP contribution in [0.2, 0.25) is 20.1 Å². The summed E-state index contributed by atoms with van der Waals surface area (Å²) in [5.74, 6) is -1.02. The maximum Gasteiger partial charge on any atom is 0.244 e. The van der Waals surface area contributed by atoms with Crippen LogP contribution >= 0.6 is 46.4 Å². The third-order valence-corrected chi connectivity index (χ3v) is 9.03. The highest BCUT2D eigenvalue weighted by Gasteiger charge is 2.34. The summed E-state index contributed by atoms with van der Waals surface area (Å²) in [7, 11) is -4.00. The molecule has 0 aliphatic carbocycles. The molecule has 7 nitrogen and oxygen atoms in total. The van der Waals surface area contributed by atoms with Crippen LogP contribution in [-0.4, -0.2) is 50.0 Å². The molecule has 0 aromatic heterocycles. The molecular formula is C29H31Cl4N3O4S. The fourth-order valence-corrected chi connectivity index (χ4v) is 5.88. The summed E-state index contributed by atoms with van der Waals surface area (Å²) >= 11 is 25.1. The zero-order valence-corrected chi connectivity index (χ0v) is 26.6. The largest absolute Gasteiger partial charge is 0.352 e. The zero-order chi connectivity index (χ0) is 30.3. The number of carbonyl (C=O) groups excluding carboxylic acids is 2. The van der Waals surface area contributed by atoms with Crippen molar-refractivity contribution < 1.29 is 18.0 Å². The van der Waals surface area contributed by atoms with Gasteiger partial charge in [0.1, 0.15) is 12.6 Å². The summed E-state index contributed by atoms with van der Waals surface area (Å²) < 4.78 is 26.7. The Kier molecular flexibility index (Phi) is 11.8. The topological polar surface area (TPSA) is 86.8 Å². The van der Waals surface area contributed by atoms with Crippen LogP contribution in [0.5, 0.6) is 0 Å². The maximum absolute atomic E-state index is 14.1. The van der Waals surface area contributed by atoms with E-state index in [-0.39, 0.29) is 40.6 Å². The van der Waals surface area contributed by atoms with Gasteiger partial charge in [-0.3, -0.25) is 13.9 Å². The first kappa shape index (κ1) is 33.0. The Hall–Kier alpha value is -2.49. The molecule has 0 spiro atoms. The molecule has 0 unspecified atom stereocenters. The second kappa shape index (κ2) is 14.6. The van der Waals surface area contributed by atoms with Crippen molar-refractivity contribution in [1.29, 1.82) is 0 Å². The molecule has 1 N–H and O–H groups in total. The molecule has 0 aliphatic rings. The molecule has 0 saturated heterocycles. The van der Waals surface area contributed by atoms with Gasteiger partial charge in [0.2, 0.25) is 21.8 Å². The highest BCUT2D eigenvalue weighted by atomic mass is 35.5. The van der Waals surface area contributed by atoms with Gasteiger partial charge in [0.15, 0.2) is 0 Å². The van der Waals surface area contributed by atoms with Gasteiger partial charge in [-0.2, -0.15) is 0 Å². The lowest BCUT2D eigenvalue weighted by atomic mass is 10.0. The van der Waals surface area contributed by atoms with E-state index in [1.165, 1.54) is 23.1 Å². The Bertz CT molecular complexity index is 1490. The van der Waals surface area contributed by atoms with E-state index in [0.29, 0.717) is 22.0 Å². The first-order valence-corrected chi connectivity index (χ1v) is 16.2. The molecule has 3 aromatic carbocycles. The second-order valence-corrected chi connectivity index (χ2v) is 13.2. The van der Waals surface area contributed by atoms with E-state index in [0.717, 1.165) is 16.1 Å². The molecule has 41 heavy (non-hydrogen) atoms. The molecule has 0 saturated carbocycles. The summed E-state index contributed by atoms with van der Waals surface area (Å²) in [6.45, 7) is 3.09. The van der Waals surface area contributed by atoms with Crippen LogP contribution < -0.4 is 9.62 Å². The van der Waals surface area contributed by atoms with Crippen molar-refractivity contribution in [3.8, 4) is 0 Å². The summed E-state index contributed by atoms with van der Waals surface area (Å²) in [4.78, 5) is 29.2. The average Bonchev–Trinajstić information content (AvgIpc) is 2.91. The predicted molar refractivity (Wildman–Crippen MR) is 167 cm³/mol. The molecule has 0 fully saturated rings. The number of anilines is 1. The number of benzene rings is 3. The Balaban J connectivity index is 2.12. The van der Waals surface area contributed by atoms with Crippen molar-refractivity contribution in [2.75, 3.05) is 17.1 Å². The molecule has 0 aliphatic heterocycles. The number of hydrogen-bond donors (Lipinski definition) is 1. The Labute approximate surface area is 261 Å². The van der Waals surface area contributed by atoms with E-state index < -0.39 is 28.5 Å². The molecule has 0 heterocycles. The minimum absolute atomic E-state index is 0.0185. The molecule has 0 bridgehead atoms. The Morgan fingerprint density at radius 1 is 0.927 bits per heavy atom. The summed E-state index contributed by atoms with van der Waals surface area (Å²) in [5.41, 5.74) is 1.39. The normalized spacial score (nSPS) is 12.9. The van der Waals surface area contributed by atoms with E-state index in [2.05, 4.69) is 5.32 Å². The molecule has 3 aromatic rings. The first-order valence-electron chi connectivity index (χ1n) is 12.8.